The Hall–Kier alpha value is -3.30. The molecule has 0 saturated carbocycles. The first-order valence-electron chi connectivity index (χ1n) is 11.2. The number of hydrogen-bond acceptors (Lipinski definition) is 7. The van der Waals surface area contributed by atoms with Crippen molar-refractivity contribution >= 4 is 34.2 Å². The Kier molecular flexibility index (Phi) is 5.59. The summed E-state index contributed by atoms with van der Waals surface area (Å²) in [6.07, 6.45) is 1.14. The summed E-state index contributed by atoms with van der Waals surface area (Å²) in [7, 11) is 0. The van der Waals surface area contributed by atoms with E-state index in [4.69, 9.17) is 15.7 Å². The maximum absolute atomic E-state index is 13.1. The van der Waals surface area contributed by atoms with Gasteiger partial charge in [-0.05, 0) is 55.5 Å². The van der Waals surface area contributed by atoms with Crippen LogP contribution in [0.1, 0.15) is 30.4 Å². The van der Waals surface area contributed by atoms with Gasteiger partial charge in [0.1, 0.15) is 11.6 Å². The highest BCUT2D eigenvalue weighted by atomic mass is 19.4. The molecule has 0 aliphatic carbocycles. The van der Waals surface area contributed by atoms with Gasteiger partial charge in [0, 0.05) is 43.8 Å². The van der Waals surface area contributed by atoms with Crippen molar-refractivity contribution in [2.24, 2.45) is 0 Å². The predicted octanol–water partition coefficient (Wildman–Crippen LogP) is 4.09. The fourth-order valence-electron chi connectivity index (χ4n) is 4.27. The Labute approximate surface area is 189 Å². The molecule has 0 radical (unpaired) electrons. The number of fused-ring (bicyclic) bond motifs is 1. The van der Waals surface area contributed by atoms with Crippen LogP contribution in [0.5, 0.6) is 0 Å². The lowest BCUT2D eigenvalue weighted by Gasteiger charge is -2.31. The average molecular weight is 458 g/mol. The Morgan fingerprint density at radius 3 is 2.39 bits per heavy atom. The Morgan fingerprint density at radius 2 is 1.70 bits per heavy atom. The monoisotopic (exact) mass is 457 g/mol. The van der Waals surface area contributed by atoms with Gasteiger partial charge in [-0.25, -0.2) is 9.97 Å². The van der Waals surface area contributed by atoms with Gasteiger partial charge in [0.2, 0.25) is 5.95 Å². The van der Waals surface area contributed by atoms with E-state index in [9.17, 15) is 13.2 Å². The molecule has 0 atom stereocenters. The molecule has 174 valence electrons. The van der Waals surface area contributed by atoms with Gasteiger partial charge in [-0.15, -0.1) is 0 Å². The Bertz CT molecular complexity index is 1150. The van der Waals surface area contributed by atoms with Crippen molar-refractivity contribution in [2.75, 3.05) is 53.6 Å². The summed E-state index contributed by atoms with van der Waals surface area (Å²) in [6, 6.07) is 5.69. The zero-order valence-corrected chi connectivity index (χ0v) is 18.2. The number of pyridine rings is 1. The number of benzene rings is 1. The lowest BCUT2D eigenvalue weighted by molar-refractivity contribution is -0.137. The Morgan fingerprint density at radius 1 is 0.939 bits per heavy atom. The molecule has 2 aliphatic rings. The summed E-state index contributed by atoms with van der Waals surface area (Å²) >= 11 is 0. The van der Waals surface area contributed by atoms with E-state index in [0.29, 0.717) is 30.3 Å². The molecule has 4 heterocycles. The molecular formula is C23H26F3N7. The number of nitrogens with zero attached hydrogens (tertiary/aromatic N) is 5. The average Bonchev–Trinajstić information content (AvgIpc) is 3.26. The molecule has 2 fully saturated rings. The third-order valence-electron chi connectivity index (χ3n) is 6.17. The molecule has 2 aliphatic heterocycles. The molecule has 2 saturated heterocycles. The van der Waals surface area contributed by atoms with Gasteiger partial charge in [-0.1, -0.05) is 0 Å². The number of aromatic nitrogens is 3. The summed E-state index contributed by atoms with van der Waals surface area (Å²) < 4.78 is 39.4. The van der Waals surface area contributed by atoms with Crippen LogP contribution in [-0.2, 0) is 12.6 Å². The van der Waals surface area contributed by atoms with Gasteiger partial charge >= 0.3 is 6.18 Å². The van der Waals surface area contributed by atoms with E-state index in [2.05, 4.69) is 20.1 Å². The first-order valence-corrected chi connectivity index (χ1v) is 11.2. The minimum atomic E-state index is -4.43. The molecule has 0 amide bonds. The fraction of sp³-hybridized carbons (Fsp3) is 0.435. The molecular weight excluding hydrogens is 431 g/mol. The van der Waals surface area contributed by atoms with Crippen molar-refractivity contribution < 1.29 is 13.2 Å². The number of rotatable bonds is 6. The maximum atomic E-state index is 13.1. The number of nitrogens with one attached hydrogen (secondary N) is 1. The summed E-state index contributed by atoms with van der Waals surface area (Å²) in [5, 5.41) is 4.19. The van der Waals surface area contributed by atoms with Gasteiger partial charge < -0.3 is 20.9 Å². The third kappa shape index (κ3) is 4.60. The van der Waals surface area contributed by atoms with Crippen LogP contribution in [0.25, 0.3) is 10.9 Å². The van der Waals surface area contributed by atoms with Crippen molar-refractivity contribution in [3.63, 3.8) is 0 Å². The van der Waals surface area contributed by atoms with Gasteiger partial charge in [0.25, 0.3) is 0 Å². The number of anilines is 4. The number of alkyl halides is 3. The standard InChI is InChI=1S/C23H26F3N7/c24-23(25,26)16-10-15(11-17(27)12-16)4-5-28-21-18-13-20(32-6-1-2-7-32)29-14-19(18)30-22(31-21)33-8-3-9-33/h10-14H,1-9,27H2,(H,28,30,31). The SMILES string of the molecule is Nc1cc(CCNc2nc(N3CCC3)nc3cnc(N4CCCC4)cc23)cc(C(F)(F)F)c1. The molecule has 10 heteroatoms. The second-order valence-corrected chi connectivity index (χ2v) is 8.60. The molecule has 3 N–H and O–H groups in total. The highest BCUT2D eigenvalue weighted by Crippen LogP contribution is 2.32. The fourth-order valence-corrected chi connectivity index (χ4v) is 4.27. The molecule has 0 spiro atoms. The van der Waals surface area contributed by atoms with Crippen molar-refractivity contribution in [2.45, 2.75) is 31.9 Å². The van der Waals surface area contributed by atoms with Crippen LogP contribution in [0.4, 0.5) is 36.4 Å². The molecule has 3 aromatic rings. The van der Waals surface area contributed by atoms with Crippen LogP contribution >= 0.6 is 0 Å². The van der Waals surface area contributed by atoms with E-state index in [1.807, 2.05) is 6.07 Å². The van der Waals surface area contributed by atoms with E-state index in [1.54, 1.807) is 12.3 Å². The van der Waals surface area contributed by atoms with Gasteiger partial charge in [-0.3, -0.25) is 0 Å². The summed E-state index contributed by atoms with van der Waals surface area (Å²) in [5.74, 6) is 2.22. The largest absolute Gasteiger partial charge is 0.416 e. The van der Waals surface area contributed by atoms with Crippen molar-refractivity contribution in [1.29, 1.82) is 0 Å². The van der Waals surface area contributed by atoms with Crippen molar-refractivity contribution in [3.8, 4) is 0 Å². The number of halogens is 3. The molecule has 2 aromatic heterocycles. The lowest BCUT2D eigenvalue weighted by Crippen LogP contribution is -2.38. The molecule has 33 heavy (non-hydrogen) atoms. The van der Waals surface area contributed by atoms with Crippen LogP contribution in [0.3, 0.4) is 0 Å². The second-order valence-electron chi connectivity index (χ2n) is 8.60. The maximum Gasteiger partial charge on any atom is 0.416 e. The molecule has 7 nitrogen and oxygen atoms in total. The number of nitrogen functional groups attached to an aromatic ring is 1. The van der Waals surface area contributed by atoms with E-state index in [0.717, 1.165) is 74.3 Å². The van der Waals surface area contributed by atoms with Crippen LogP contribution < -0.4 is 20.9 Å². The zero-order chi connectivity index (χ0) is 23.0. The number of hydrogen-bond donors (Lipinski definition) is 2. The smallest absolute Gasteiger partial charge is 0.399 e. The molecule has 0 unspecified atom stereocenters. The first-order chi connectivity index (χ1) is 15.9. The van der Waals surface area contributed by atoms with E-state index in [-0.39, 0.29) is 5.69 Å². The highest BCUT2D eigenvalue weighted by Gasteiger charge is 2.31. The van der Waals surface area contributed by atoms with Gasteiger partial charge in [0.05, 0.1) is 17.3 Å². The summed E-state index contributed by atoms with van der Waals surface area (Å²) in [4.78, 5) is 18.4. The third-order valence-corrected chi connectivity index (χ3v) is 6.17. The van der Waals surface area contributed by atoms with Crippen LogP contribution in [0.15, 0.2) is 30.5 Å². The predicted molar refractivity (Wildman–Crippen MR) is 124 cm³/mol. The Balaban J connectivity index is 1.41. The minimum Gasteiger partial charge on any atom is -0.399 e. The summed E-state index contributed by atoms with van der Waals surface area (Å²) in [5.41, 5.74) is 6.36. The summed E-state index contributed by atoms with van der Waals surface area (Å²) in [6.45, 7) is 4.19. The van der Waals surface area contributed by atoms with Gasteiger partial charge in [-0.2, -0.15) is 18.2 Å². The van der Waals surface area contributed by atoms with E-state index >= 15 is 0 Å². The van der Waals surface area contributed by atoms with Crippen molar-refractivity contribution in [1.82, 2.24) is 15.0 Å². The van der Waals surface area contributed by atoms with Crippen LogP contribution in [0, 0.1) is 0 Å². The zero-order valence-electron chi connectivity index (χ0n) is 18.2. The van der Waals surface area contributed by atoms with Crippen LogP contribution in [-0.4, -0.2) is 47.7 Å². The molecule has 5 rings (SSSR count). The molecule has 0 bridgehead atoms. The number of nitrogens with two attached hydrogens (primary N) is 1. The second kappa shape index (κ2) is 8.57. The lowest BCUT2D eigenvalue weighted by atomic mass is 10.1. The van der Waals surface area contributed by atoms with E-state index in [1.165, 1.54) is 0 Å². The minimum absolute atomic E-state index is 0.105. The van der Waals surface area contributed by atoms with Crippen LogP contribution in [0.2, 0.25) is 0 Å². The quantitative estimate of drug-likeness (QED) is 0.540. The van der Waals surface area contributed by atoms with E-state index < -0.39 is 11.7 Å². The highest BCUT2D eigenvalue weighted by molar-refractivity contribution is 5.91. The molecule has 1 aromatic carbocycles. The van der Waals surface area contributed by atoms with Gasteiger partial charge in [0.15, 0.2) is 0 Å². The first kappa shape index (κ1) is 21.5. The normalized spacial score (nSPS) is 16.3. The van der Waals surface area contributed by atoms with Crippen molar-refractivity contribution in [3.05, 3.63) is 41.6 Å². The topological polar surface area (TPSA) is 83.2 Å².